The number of hydrogen-bond acceptors (Lipinski definition) is 4. The molecule has 1 aliphatic rings. The highest BCUT2D eigenvalue weighted by Gasteiger charge is 2.20. The van der Waals surface area contributed by atoms with E-state index in [1.54, 1.807) is 12.1 Å². The van der Waals surface area contributed by atoms with Gasteiger partial charge < -0.3 is 9.47 Å². The number of methoxy groups -OCH3 is 1. The Morgan fingerprint density at radius 3 is 2.45 bits per heavy atom. The Labute approximate surface area is 128 Å². The van der Waals surface area contributed by atoms with Crippen LogP contribution in [-0.4, -0.2) is 21.6 Å². The van der Waals surface area contributed by atoms with Crippen molar-refractivity contribution in [3.63, 3.8) is 0 Å². The van der Waals surface area contributed by atoms with Crippen molar-refractivity contribution < 1.29 is 17.9 Å². The maximum Gasteiger partial charge on any atom is 0.236 e. The topological polar surface area (TPSA) is 52.6 Å². The Hall–Kier alpha value is -0.650. The van der Waals surface area contributed by atoms with Gasteiger partial charge in [-0.3, -0.25) is 0 Å². The molecule has 0 amide bonds. The first-order valence-electron chi connectivity index (χ1n) is 6.34. The Bertz CT molecular complexity index is 580. The van der Waals surface area contributed by atoms with Gasteiger partial charge >= 0.3 is 0 Å². The molecule has 1 fully saturated rings. The molecule has 4 nitrogen and oxygen atoms in total. The van der Waals surface area contributed by atoms with Gasteiger partial charge in [-0.25, -0.2) is 8.42 Å². The second-order valence-electron chi connectivity index (χ2n) is 4.80. The van der Waals surface area contributed by atoms with Crippen LogP contribution in [0.1, 0.15) is 31.2 Å². The summed E-state index contributed by atoms with van der Waals surface area (Å²) in [7, 11) is 3.09. The molecule has 0 saturated heterocycles. The highest BCUT2D eigenvalue weighted by Crippen LogP contribution is 2.36. The predicted octanol–water partition coefficient (Wildman–Crippen LogP) is 3.74. The van der Waals surface area contributed by atoms with Crippen molar-refractivity contribution in [1.82, 2.24) is 0 Å². The lowest BCUT2D eigenvalue weighted by molar-refractivity contribution is 0.200. The summed E-state index contributed by atoms with van der Waals surface area (Å²) >= 11 is 6.09. The maximum absolute atomic E-state index is 11.2. The number of halogens is 2. The van der Waals surface area contributed by atoms with Crippen molar-refractivity contribution in [2.24, 2.45) is 0 Å². The van der Waals surface area contributed by atoms with Crippen molar-refractivity contribution in [2.75, 3.05) is 7.11 Å². The summed E-state index contributed by atoms with van der Waals surface area (Å²) in [5, 5.41) is 0.308. The zero-order valence-electron chi connectivity index (χ0n) is 11.1. The molecule has 0 radical (unpaired) electrons. The van der Waals surface area contributed by atoms with E-state index in [4.69, 9.17) is 31.8 Å². The van der Waals surface area contributed by atoms with Crippen molar-refractivity contribution in [2.45, 2.75) is 37.5 Å². The number of ether oxygens (including phenoxy) is 2. The Balaban J connectivity index is 2.26. The van der Waals surface area contributed by atoms with E-state index < -0.39 is 9.05 Å². The van der Waals surface area contributed by atoms with Crippen molar-refractivity contribution in [3.05, 3.63) is 22.7 Å². The Kier molecular flexibility index (Phi) is 5.04. The molecule has 2 rings (SSSR count). The third-order valence-electron chi connectivity index (χ3n) is 3.26. The zero-order chi connectivity index (χ0) is 14.8. The number of rotatable bonds is 5. The summed E-state index contributed by atoms with van der Waals surface area (Å²) in [6.07, 6.45) is 4.51. The fourth-order valence-electron chi connectivity index (χ4n) is 2.31. The summed E-state index contributed by atoms with van der Waals surface area (Å²) in [5.41, 5.74) is 0.400. The van der Waals surface area contributed by atoms with E-state index in [9.17, 15) is 8.42 Å². The van der Waals surface area contributed by atoms with Crippen molar-refractivity contribution in [1.29, 1.82) is 0 Å². The molecule has 0 aromatic heterocycles. The van der Waals surface area contributed by atoms with E-state index in [0.717, 1.165) is 25.7 Å². The lowest BCUT2D eigenvalue weighted by Gasteiger charge is -2.17. The largest absolute Gasteiger partial charge is 0.493 e. The minimum Gasteiger partial charge on any atom is -0.493 e. The van der Waals surface area contributed by atoms with Crippen LogP contribution < -0.4 is 9.47 Å². The fourth-order valence-corrected chi connectivity index (χ4v) is 3.57. The average molecular weight is 339 g/mol. The first-order chi connectivity index (χ1) is 9.39. The maximum atomic E-state index is 11.2. The van der Waals surface area contributed by atoms with Crippen LogP contribution in [0.15, 0.2) is 12.1 Å². The van der Waals surface area contributed by atoms with Gasteiger partial charge in [-0.15, -0.1) is 0 Å². The van der Waals surface area contributed by atoms with Crippen LogP contribution in [-0.2, 0) is 14.8 Å². The lowest BCUT2D eigenvalue weighted by Crippen LogP contribution is -2.12. The highest BCUT2D eigenvalue weighted by molar-refractivity contribution is 8.13. The summed E-state index contributed by atoms with van der Waals surface area (Å²) in [6, 6.07) is 3.16. The van der Waals surface area contributed by atoms with Crippen LogP contribution in [0.3, 0.4) is 0 Å². The number of hydrogen-bond donors (Lipinski definition) is 0. The van der Waals surface area contributed by atoms with Gasteiger partial charge in [-0.05, 0) is 37.3 Å². The minimum atomic E-state index is -3.67. The molecular weight excluding hydrogens is 323 g/mol. The molecule has 0 N–H and O–H groups in total. The van der Waals surface area contributed by atoms with Gasteiger partial charge in [0.05, 0.1) is 19.0 Å². The van der Waals surface area contributed by atoms with E-state index in [-0.39, 0.29) is 11.9 Å². The smallest absolute Gasteiger partial charge is 0.236 e. The van der Waals surface area contributed by atoms with Crippen LogP contribution >= 0.6 is 22.3 Å². The molecule has 20 heavy (non-hydrogen) atoms. The number of benzene rings is 1. The van der Waals surface area contributed by atoms with E-state index in [1.807, 2.05) is 0 Å². The van der Waals surface area contributed by atoms with Crippen LogP contribution in [0.2, 0.25) is 5.02 Å². The summed E-state index contributed by atoms with van der Waals surface area (Å²) in [5.74, 6) is 0.671. The van der Waals surface area contributed by atoms with Crippen LogP contribution in [0.5, 0.6) is 11.5 Å². The van der Waals surface area contributed by atoms with E-state index >= 15 is 0 Å². The molecule has 0 spiro atoms. The molecular formula is C13H16Cl2O4S. The first kappa shape index (κ1) is 15.7. The quantitative estimate of drug-likeness (QED) is 0.767. The minimum absolute atomic E-state index is 0.169. The van der Waals surface area contributed by atoms with Crippen molar-refractivity contribution >= 4 is 31.3 Å². The molecule has 0 atom stereocenters. The molecule has 1 aromatic carbocycles. The first-order valence-corrected chi connectivity index (χ1v) is 9.20. The summed E-state index contributed by atoms with van der Waals surface area (Å²) in [4.78, 5) is 0. The van der Waals surface area contributed by atoms with Gasteiger partial charge in [-0.1, -0.05) is 11.6 Å². The third kappa shape index (κ3) is 4.17. The molecule has 1 aromatic rings. The molecule has 0 heterocycles. The van der Waals surface area contributed by atoms with Gasteiger partial charge in [0.15, 0.2) is 11.5 Å². The zero-order valence-corrected chi connectivity index (χ0v) is 13.4. The molecule has 0 bridgehead atoms. The van der Waals surface area contributed by atoms with Gasteiger partial charge in [0.25, 0.3) is 0 Å². The van der Waals surface area contributed by atoms with Gasteiger partial charge in [0.1, 0.15) is 0 Å². The Morgan fingerprint density at radius 1 is 1.25 bits per heavy atom. The third-order valence-corrected chi connectivity index (χ3v) is 4.59. The normalized spacial score (nSPS) is 16.4. The molecule has 7 heteroatoms. The molecule has 1 aliphatic carbocycles. The molecule has 0 unspecified atom stereocenters. The standard InChI is InChI=1S/C13H16Cl2O4S/c1-18-12-6-9(8-20(15,16)17)11(14)7-13(12)19-10-4-2-3-5-10/h6-7,10H,2-5,8H2,1H3. The highest BCUT2D eigenvalue weighted by atomic mass is 35.7. The van der Waals surface area contributed by atoms with E-state index in [2.05, 4.69) is 0 Å². The Morgan fingerprint density at radius 2 is 1.90 bits per heavy atom. The molecule has 1 saturated carbocycles. The second-order valence-corrected chi connectivity index (χ2v) is 7.99. The van der Waals surface area contributed by atoms with Crippen molar-refractivity contribution in [3.8, 4) is 11.5 Å². The SMILES string of the molecule is COc1cc(CS(=O)(=O)Cl)c(Cl)cc1OC1CCCC1. The van der Waals surface area contributed by atoms with Crippen LogP contribution in [0.25, 0.3) is 0 Å². The van der Waals surface area contributed by atoms with Crippen LogP contribution in [0, 0.1) is 0 Å². The summed E-state index contributed by atoms with van der Waals surface area (Å²) < 4.78 is 33.4. The molecule has 0 aliphatic heterocycles. The van der Waals surface area contributed by atoms with Gasteiger partial charge in [-0.2, -0.15) is 0 Å². The lowest BCUT2D eigenvalue weighted by atomic mass is 10.2. The van der Waals surface area contributed by atoms with Crippen LogP contribution in [0.4, 0.5) is 0 Å². The fraction of sp³-hybridized carbons (Fsp3) is 0.538. The van der Waals surface area contributed by atoms with E-state index in [1.165, 1.54) is 7.11 Å². The molecule has 112 valence electrons. The van der Waals surface area contributed by atoms with E-state index in [0.29, 0.717) is 22.1 Å². The average Bonchev–Trinajstić information content (AvgIpc) is 2.84. The van der Waals surface area contributed by atoms with Gasteiger partial charge in [0, 0.05) is 21.8 Å². The predicted molar refractivity (Wildman–Crippen MR) is 79.4 cm³/mol. The summed E-state index contributed by atoms with van der Waals surface area (Å²) in [6.45, 7) is 0. The van der Waals surface area contributed by atoms with Gasteiger partial charge in [0.2, 0.25) is 9.05 Å². The second kappa shape index (κ2) is 6.41. The monoisotopic (exact) mass is 338 g/mol.